The predicted octanol–water partition coefficient (Wildman–Crippen LogP) is 1.19. The van der Waals surface area contributed by atoms with Crippen LogP contribution in [0.1, 0.15) is 13.0 Å². The van der Waals surface area contributed by atoms with Gasteiger partial charge in [-0.25, -0.2) is 0 Å². The highest BCUT2D eigenvalue weighted by atomic mass is 16.5. The number of nitrogen functional groups attached to an aromatic ring is 1. The van der Waals surface area contributed by atoms with Gasteiger partial charge in [0.2, 0.25) is 5.91 Å². The number of nitrogens with two attached hydrogens (primary N) is 2. The van der Waals surface area contributed by atoms with Crippen LogP contribution < -0.4 is 16.2 Å². The maximum Gasteiger partial charge on any atom is 0.241 e. The molecule has 0 saturated heterocycles. The van der Waals surface area contributed by atoms with E-state index in [0.29, 0.717) is 11.4 Å². The molecule has 2 rings (SSSR count). The van der Waals surface area contributed by atoms with Gasteiger partial charge in [0.25, 0.3) is 0 Å². The van der Waals surface area contributed by atoms with E-state index in [1.165, 1.54) is 4.68 Å². The number of carbonyl (C=O) groups is 1. The Kier molecular flexibility index (Phi) is 3.41. The van der Waals surface area contributed by atoms with Gasteiger partial charge >= 0.3 is 0 Å². The van der Waals surface area contributed by atoms with Crippen LogP contribution in [0.5, 0.6) is 5.75 Å². The first-order valence-corrected chi connectivity index (χ1v) is 5.81. The normalized spacial score (nSPS) is 12.1. The summed E-state index contributed by atoms with van der Waals surface area (Å²) in [6, 6.07) is 4.98. The summed E-state index contributed by atoms with van der Waals surface area (Å²) in [5, 5.41) is 4.14. The first-order chi connectivity index (χ1) is 9.04. The summed E-state index contributed by atoms with van der Waals surface area (Å²) < 4.78 is 6.81. The van der Waals surface area contributed by atoms with E-state index in [0.717, 1.165) is 11.1 Å². The Morgan fingerprint density at radius 2 is 2.21 bits per heavy atom. The molecule has 0 bridgehead atoms. The Hall–Kier alpha value is -2.50. The van der Waals surface area contributed by atoms with Crippen LogP contribution in [0.4, 0.5) is 5.69 Å². The van der Waals surface area contributed by atoms with Crippen LogP contribution in [-0.2, 0) is 4.79 Å². The summed E-state index contributed by atoms with van der Waals surface area (Å²) >= 11 is 0. The topological polar surface area (TPSA) is 96.2 Å². The summed E-state index contributed by atoms with van der Waals surface area (Å²) in [6.07, 6.45) is 3.39. The van der Waals surface area contributed by atoms with Crippen molar-refractivity contribution in [2.75, 3.05) is 12.8 Å². The zero-order valence-electron chi connectivity index (χ0n) is 10.8. The van der Waals surface area contributed by atoms with E-state index in [4.69, 9.17) is 16.2 Å². The molecule has 1 atom stereocenters. The van der Waals surface area contributed by atoms with Crippen LogP contribution >= 0.6 is 0 Å². The lowest BCUT2D eigenvalue weighted by Crippen LogP contribution is -2.24. The minimum absolute atomic E-state index is 0.436. The van der Waals surface area contributed by atoms with E-state index >= 15 is 0 Å². The van der Waals surface area contributed by atoms with Crippen molar-refractivity contribution < 1.29 is 9.53 Å². The molecule has 0 saturated carbocycles. The Balaban J connectivity index is 2.44. The van der Waals surface area contributed by atoms with Crippen LogP contribution in [0.15, 0.2) is 30.6 Å². The fourth-order valence-corrected chi connectivity index (χ4v) is 1.83. The molecule has 100 valence electrons. The molecule has 19 heavy (non-hydrogen) atoms. The van der Waals surface area contributed by atoms with Crippen molar-refractivity contribution in [1.82, 2.24) is 9.78 Å². The molecule has 1 heterocycles. The molecule has 1 unspecified atom stereocenters. The van der Waals surface area contributed by atoms with Gasteiger partial charge in [0.05, 0.1) is 19.0 Å². The third-order valence-electron chi connectivity index (χ3n) is 2.97. The molecular formula is C13H16N4O2. The second-order valence-electron chi connectivity index (χ2n) is 4.22. The van der Waals surface area contributed by atoms with Gasteiger partial charge in [-0.15, -0.1) is 0 Å². The summed E-state index contributed by atoms with van der Waals surface area (Å²) in [5.74, 6) is 0.156. The Bertz CT molecular complexity index is 606. The monoisotopic (exact) mass is 260 g/mol. The fraction of sp³-hybridized carbons (Fsp3) is 0.231. The summed E-state index contributed by atoms with van der Waals surface area (Å²) in [5.41, 5.74) is 13.3. The molecule has 4 N–H and O–H groups in total. The van der Waals surface area contributed by atoms with Gasteiger partial charge in [0.1, 0.15) is 11.8 Å². The molecule has 1 amide bonds. The number of hydrogen-bond acceptors (Lipinski definition) is 4. The minimum atomic E-state index is -0.499. The number of ether oxygens (including phenoxy) is 1. The highest BCUT2D eigenvalue weighted by Crippen LogP contribution is 2.34. The molecule has 1 aromatic heterocycles. The number of benzene rings is 1. The van der Waals surface area contributed by atoms with Gasteiger partial charge < -0.3 is 16.2 Å². The lowest BCUT2D eigenvalue weighted by atomic mass is 10.1. The Labute approximate surface area is 111 Å². The molecule has 1 aromatic carbocycles. The number of primary amides is 1. The summed E-state index contributed by atoms with van der Waals surface area (Å²) in [4.78, 5) is 11.1. The van der Waals surface area contributed by atoms with Crippen molar-refractivity contribution in [3.8, 4) is 16.9 Å². The molecule has 6 heteroatoms. The highest BCUT2D eigenvalue weighted by molar-refractivity contribution is 5.79. The van der Waals surface area contributed by atoms with E-state index in [-0.39, 0.29) is 0 Å². The quantitative estimate of drug-likeness (QED) is 0.807. The predicted molar refractivity (Wildman–Crippen MR) is 72.5 cm³/mol. The number of amides is 1. The average molecular weight is 260 g/mol. The van der Waals surface area contributed by atoms with Crippen LogP contribution in [-0.4, -0.2) is 22.8 Å². The molecule has 0 spiro atoms. The van der Waals surface area contributed by atoms with Crippen molar-refractivity contribution in [2.24, 2.45) is 5.73 Å². The first-order valence-electron chi connectivity index (χ1n) is 5.81. The molecule has 2 aromatic rings. The molecule has 0 aliphatic rings. The van der Waals surface area contributed by atoms with Gasteiger partial charge in [0.15, 0.2) is 0 Å². The smallest absolute Gasteiger partial charge is 0.241 e. The zero-order chi connectivity index (χ0) is 14.0. The van der Waals surface area contributed by atoms with Crippen molar-refractivity contribution in [3.05, 3.63) is 30.6 Å². The average Bonchev–Trinajstić information content (AvgIpc) is 2.86. The molecule has 0 fully saturated rings. The number of nitrogens with zero attached hydrogens (tertiary/aromatic N) is 2. The number of methoxy groups -OCH3 is 1. The SMILES string of the molecule is COc1c(N)cccc1-c1cnn(C(C)C(N)=O)c1. The van der Waals surface area contributed by atoms with E-state index in [1.54, 1.807) is 32.5 Å². The largest absolute Gasteiger partial charge is 0.494 e. The van der Waals surface area contributed by atoms with Crippen molar-refractivity contribution in [1.29, 1.82) is 0 Å². The van der Waals surface area contributed by atoms with E-state index < -0.39 is 11.9 Å². The fourth-order valence-electron chi connectivity index (χ4n) is 1.83. The molecule has 0 radical (unpaired) electrons. The van der Waals surface area contributed by atoms with Crippen LogP contribution in [0.2, 0.25) is 0 Å². The standard InChI is InChI=1S/C13H16N4O2/c1-8(13(15)18)17-7-9(6-16-17)10-4-3-5-11(14)12(10)19-2/h3-8H,14H2,1-2H3,(H2,15,18). The number of anilines is 1. The minimum Gasteiger partial charge on any atom is -0.494 e. The number of para-hydroxylation sites is 1. The Morgan fingerprint density at radius 1 is 1.47 bits per heavy atom. The third kappa shape index (κ3) is 2.37. The lowest BCUT2D eigenvalue weighted by molar-refractivity contribution is -0.120. The number of hydrogen-bond donors (Lipinski definition) is 2. The number of aromatic nitrogens is 2. The van der Waals surface area contributed by atoms with Gasteiger partial charge in [0, 0.05) is 17.3 Å². The number of carbonyl (C=O) groups excluding carboxylic acids is 1. The van der Waals surface area contributed by atoms with Crippen LogP contribution in [0.25, 0.3) is 11.1 Å². The van der Waals surface area contributed by atoms with E-state index in [2.05, 4.69) is 5.10 Å². The summed E-state index contributed by atoms with van der Waals surface area (Å²) in [6.45, 7) is 1.69. The summed E-state index contributed by atoms with van der Waals surface area (Å²) in [7, 11) is 1.56. The second-order valence-corrected chi connectivity index (χ2v) is 4.22. The number of rotatable bonds is 4. The van der Waals surface area contributed by atoms with Crippen molar-refractivity contribution >= 4 is 11.6 Å². The maximum absolute atomic E-state index is 11.1. The van der Waals surface area contributed by atoms with Gasteiger partial charge in [-0.1, -0.05) is 12.1 Å². The Morgan fingerprint density at radius 3 is 2.84 bits per heavy atom. The lowest BCUT2D eigenvalue weighted by Gasteiger charge is -2.09. The van der Waals surface area contributed by atoms with Gasteiger partial charge in [-0.05, 0) is 13.0 Å². The third-order valence-corrected chi connectivity index (χ3v) is 2.97. The maximum atomic E-state index is 11.1. The molecular weight excluding hydrogens is 244 g/mol. The molecule has 0 aliphatic carbocycles. The van der Waals surface area contributed by atoms with Crippen LogP contribution in [0, 0.1) is 0 Å². The first kappa shape index (κ1) is 12.9. The molecule has 0 aliphatic heterocycles. The van der Waals surface area contributed by atoms with Crippen molar-refractivity contribution in [2.45, 2.75) is 13.0 Å². The zero-order valence-corrected chi connectivity index (χ0v) is 10.8. The van der Waals surface area contributed by atoms with E-state index in [9.17, 15) is 4.79 Å². The van der Waals surface area contributed by atoms with Gasteiger partial charge in [-0.3, -0.25) is 9.48 Å². The van der Waals surface area contributed by atoms with Crippen LogP contribution in [0.3, 0.4) is 0 Å². The van der Waals surface area contributed by atoms with Crippen molar-refractivity contribution in [3.63, 3.8) is 0 Å². The second kappa shape index (κ2) is 5.01. The molecule has 6 nitrogen and oxygen atoms in total. The highest BCUT2D eigenvalue weighted by Gasteiger charge is 2.15. The van der Waals surface area contributed by atoms with Gasteiger partial charge in [-0.2, -0.15) is 5.10 Å². The van der Waals surface area contributed by atoms with E-state index in [1.807, 2.05) is 12.1 Å².